The largest absolute Gasteiger partial charge is 0.489 e. The standard InChI is InChI=1S/C14H13ClN2O3S/c15-10-5-6-11(16)14(9-10)21(18,19)17-7-8-20-13-4-2-1-3-12(13)17/h1-6,9H,7-8,16H2. The van der Waals surface area contributed by atoms with Crippen molar-refractivity contribution < 1.29 is 13.2 Å². The minimum atomic E-state index is -3.78. The molecule has 0 unspecified atom stereocenters. The first-order valence-corrected chi connectivity index (χ1v) is 8.11. The summed E-state index contributed by atoms with van der Waals surface area (Å²) in [4.78, 5) is 0.00621. The number of rotatable bonds is 2. The van der Waals surface area contributed by atoms with Gasteiger partial charge < -0.3 is 10.5 Å². The number of nitrogens with two attached hydrogens (primary N) is 1. The highest BCUT2D eigenvalue weighted by Gasteiger charge is 2.31. The smallest absolute Gasteiger partial charge is 0.266 e. The van der Waals surface area contributed by atoms with Crippen molar-refractivity contribution in [3.63, 3.8) is 0 Å². The van der Waals surface area contributed by atoms with E-state index in [1.165, 1.54) is 16.4 Å². The van der Waals surface area contributed by atoms with E-state index in [0.717, 1.165) is 0 Å². The summed E-state index contributed by atoms with van der Waals surface area (Å²) < 4.78 is 32.5. The summed E-state index contributed by atoms with van der Waals surface area (Å²) in [6.45, 7) is 0.516. The van der Waals surface area contributed by atoms with Gasteiger partial charge in [-0.1, -0.05) is 23.7 Å². The molecule has 0 saturated heterocycles. The summed E-state index contributed by atoms with van der Waals surface area (Å²) >= 11 is 5.90. The van der Waals surface area contributed by atoms with Crippen molar-refractivity contribution in [2.45, 2.75) is 4.90 Å². The molecule has 0 aromatic heterocycles. The van der Waals surface area contributed by atoms with Crippen LogP contribution in [0.3, 0.4) is 0 Å². The van der Waals surface area contributed by atoms with Crippen LogP contribution in [0.15, 0.2) is 47.4 Å². The number of benzene rings is 2. The lowest BCUT2D eigenvalue weighted by molar-refractivity contribution is 0.316. The van der Waals surface area contributed by atoms with Gasteiger partial charge in [-0.15, -0.1) is 0 Å². The SMILES string of the molecule is Nc1ccc(Cl)cc1S(=O)(=O)N1CCOc2ccccc21. The lowest BCUT2D eigenvalue weighted by atomic mass is 10.2. The molecule has 0 aliphatic carbocycles. The lowest BCUT2D eigenvalue weighted by Crippen LogP contribution is -2.38. The van der Waals surface area contributed by atoms with E-state index < -0.39 is 10.0 Å². The number of nitrogens with zero attached hydrogens (tertiary/aromatic N) is 1. The Labute approximate surface area is 127 Å². The zero-order valence-corrected chi connectivity index (χ0v) is 12.6. The van der Waals surface area contributed by atoms with Crippen molar-refractivity contribution in [2.24, 2.45) is 0 Å². The number of para-hydroxylation sites is 2. The number of sulfonamides is 1. The number of hydrogen-bond donors (Lipinski definition) is 1. The molecule has 2 aromatic rings. The second-order valence-corrected chi connectivity index (χ2v) is 6.84. The predicted molar refractivity (Wildman–Crippen MR) is 82.3 cm³/mol. The van der Waals surface area contributed by atoms with Gasteiger partial charge in [0.2, 0.25) is 0 Å². The molecule has 1 heterocycles. The number of fused-ring (bicyclic) bond motifs is 1. The van der Waals surface area contributed by atoms with Gasteiger partial charge in [-0.05, 0) is 30.3 Å². The first-order chi connectivity index (χ1) is 10.00. The van der Waals surface area contributed by atoms with Crippen molar-refractivity contribution >= 4 is 33.0 Å². The second-order valence-electron chi connectivity index (χ2n) is 4.58. The molecule has 0 amide bonds. The minimum absolute atomic E-state index is 0.00621. The number of halogens is 1. The van der Waals surface area contributed by atoms with E-state index in [-0.39, 0.29) is 23.7 Å². The average Bonchev–Trinajstić information content (AvgIpc) is 2.49. The third kappa shape index (κ3) is 2.41. The van der Waals surface area contributed by atoms with Crippen LogP contribution in [0.4, 0.5) is 11.4 Å². The quantitative estimate of drug-likeness (QED) is 0.861. The monoisotopic (exact) mass is 324 g/mol. The van der Waals surface area contributed by atoms with E-state index in [1.807, 2.05) is 0 Å². The number of anilines is 2. The molecule has 3 rings (SSSR count). The molecule has 2 N–H and O–H groups in total. The maximum Gasteiger partial charge on any atom is 0.266 e. The zero-order valence-electron chi connectivity index (χ0n) is 11.0. The fourth-order valence-electron chi connectivity index (χ4n) is 2.24. The highest BCUT2D eigenvalue weighted by Crippen LogP contribution is 2.36. The summed E-state index contributed by atoms with van der Waals surface area (Å²) in [6.07, 6.45) is 0. The first-order valence-electron chi connectivity index (χ1n) is 6.30. The third-order valence-electron chi connectivity index (χ3n) is 3.23. The summed E-state index contributed by atoms with van der Waals surface area (Å²) in [6, 6.07) is 11.4. The molecule has 5 nitrogen and oxygen atoms in total. The highest BCUT2D eigenvalue weighted by atomic mass is 35.5. The summed E-state index contributed by atoms with van der Waals surface area (Å²) in [5.74, 6) is 0.535. The Balaban J connectivity index is 2.14. The van der Waals surface area contributed by atoms with Gasteiger partial charge in [-0.2, -0.15) is 0 Å². The number of hydrogen-bond acceptors (Lipinski definition) is 4. The Morgan fingerprint density at radius 1 is 1.19 bits per heavy atom. The molecule has 21 heavy (non-hydrogen) atoms. The van der Waals surface area contributed by atoms with Crippen molar-refractivity contribution in [2.75, 3.05) is 23.2 Å². The number of ether oxygens (including phenoxy) is 1. The topological polar surface area (TPSA) is 72.6 Å². The van der Waals surface area contributed by atoms with Gasteiger partial charge in [0.1, 0.15) is 17.3 Å². The fraction of sp³-hybridized carbons (Fsp3) is 0.143. The van der Waals surface area contributed by atoms with Gasteiger partial charge in [0.25, 0.3) is 10.0 Å². The van der Waals surface area contributed by atoms with Crippen LogP contribution in [0.25, 0.3) is 0 Å². The van der Waals surface area contributed by atoms with E-state index in [2.05, 4.69) is 0 Å². The Morgan fingerprint density at radius 3 is 2.76 bits per heavy atom. The van der Waals surface area contributed by atoms with Gasteiger partial charge in [-0.25, -0.2) is 8.42 Å². The summed E-state index contributed by atoms with van der Waals surface area (Å²) in [5, 5.41) is 0.323. The van der Waals surface area contributed by atoms with Crippen molar-refractivity contribution in [1.82, 2.24) is 0 Å². The third-order valence-corrected chi connectivity index (χ3v) is 5.33. The molecule has 0 saturated carbocycles. The average molecular weight is 325 g/mol. The highest BCUT2D eigenvalue weighted by molar-refractivity contribution is 7.93. The lowest BCUT2D eigenvalue weighted by Gasteiger charge is -2.30. The van der Waals surface area contributed by atoms with Gasteiger partial charge in [-0.3, -0.25) is 4.31 Å². The van der Waals surface area contributed by atoms with E-state index in [9.17, 15) is 8.42 Å². The maximum absolute atomic E-state index is 12.9. The molecule has 0 atom stereocenters. The van der Waals surface area contributed by atoms with Crippen LogP contribution in [-0.2, 0) is 10.0 Å². The molecule has 0 radical (unpaired) electrons. The van der Waals surface area contributed by atoms with Crippen LogP contribution in [0.5, 0.6) is 5.75 Å². The first kappa shape index (κ1) is 14.0. The molecular formula is C14H13ClN2O3S. The van der Waals surface area contributed by atoms with E-state index >= 15 is 0 Å². The Morgan fingerprint density at radius 2 is 1.95 bits per heavy atom. The molecular weight excluding hydrogens is 312 g/mol. The summed E-state index contributed by atoms with van der Waals surface area (Å²) in [7, 11) is -3.78. The van der Waals surface area contributed by atoms with Crippen molar-refractivity contribution in [3.8, 4) is 5.75 Å². The number of nitrogen functional groups attached to an aromatic ring is 1. The maximum atomic E-state index is 12.9. The second kappa shape index (κ2) is 5.13. The van der Waals surface area contributed by atoms with Gasteiger partial charge in [0.15, 0.2) is 0 Å². The molecule has 1 aliphatic heterocycles. The van der Waals surface area contributed by atoms with Gasteiger partial charge >= 0.3 is 0 Å². The molecule has 1 aliphatic rings. The molecule has 0 spiro atoms. The van der Waals surface area contributed by atoms with Gasteiger partial charge in [0, 0.05) is 5.02 Å². The van der Waals surface area contributed by atoms with Crippen LogP contribution in [0.2, 0.25) is 5.02 Å². The Kier molecular flexibility index (Phi) is 3.43. The molecule has 2 aromatic carbocycles. The van der Waals surface area contributed by atoms with Crippen LogP contribution < -0.4 is 14.8 Å². The van der Waals surface area contributed by atoms with Crippen molar-refractivity contribution in [1.29, 1.82) is 0 Å². The van der Waals surface area contributed by atoms with E-state index in [0.29, 0.717) is 16.5 Å². The molecule has 110 valence electrons. The summed E-state index contributed by atoms with van der Waals surface area (Å²) in [5.41, 5.74) is 6.48. The molecule has 0 bridgehead atoms. The predicted octanol–water partition coefficient (Wildman–Crippen LogP) is 2.51. The fourth-order valence-corrected chi connectivity index (χ4v) is 4.08. The van der Waals surface area contributed by atoms with Crippen LogP contribution >= 0.6 is 11.6 Å². The van der Waals surface area contributed by atoms with Crippen LogP contribution in [0, 0.1) is 0 Å². The molecule has 0 fully saturated rings. The Bertz CT molecular complexity index is 793. The zero-order chi connectivity index (χ0) is 15.0. The van der Waals surface area contributed by atoms with E-state index in [1.54, 1.807) is 30.3 Å². The van der Waals surface area contributed by atoms with E-state index in [4.69, 9.17) is 22.1 Å². The van der Waals surface area contributed by atoms with Gasteiger partial charge in [0.05, 0.1) is 17.9 Å². The normalized spacial score (nSPS) is 14.4. The minimum Gasteiger partial charge on any atom is -0.489 e. The van der Waals surface area contributed by atoms with Crippen LogP contribution in [-0.4, -0.2) is 21.6 Å². The Hall–Kier alpha value is -1.92. The van der Waals surface area contributed by atoms with Crippen LogP contribution in [0.1, 0.15) is 0 Å². The van der Waals surface area contributed by atoms with Crippen molar-refractivity contribution in [3.05, 3.63) is 47.5 Å². The molecule has 7 heteroatoms.